The van der Waals surface area contributed by atoms with E-state index in [1.807, 2.05) is 4.90 Å². The molecule has 258 valence electrons. The van der Waals surface area contributed by atoms with Crippen LogP contribution < -0.4 is 10.6 Å². The zero-order valence-corrected chi connectivity index (χ0v) is 27.5. The molecule has 2 N–H and O–H groups in total. The van der Waals surface area contributed by atoms with Crippen molar-refractivity contribution in [2.24, 2.45) is 11.8 Å². The number of carbonyl (C=O) groups excluding carboxylic acids is 3. The van der Waals surface area contributed by atoms with E-state index in [-0.39, 0.29) is 29.9 Å². The first kappa shape index (κ1) is 34.9. The number of anilines is 1. The second-order valence-corrected chi connectivity index (χ2v) is 13.7. The van der Waals surface area contributed by atoms with Crippen LogP contribution >= 0.6 is 0 Å². The number of ether oxygens (including phenoxy) is 1. The molecule has 1 saturated heterocycles. The summed E-state index contributed by atoms with van der Waals surface area (Å²) in [6.07, 6.45) is -0.729. The van der Waals surface area contributed by atoms with Crippen molar-refractivity contribution in [1.82, 2.24) is 20.0 Å². The third kappa shape index (κ3) is 8.73. The highest BCUT2D eigenvalue weighted by molar-refractivity contribution is 6.03. The lowest BCUT2D eigenvalue weighted by molar-refractivity contribution is -0.141. The molecule has 1 aliphatic carbocycles. The summed E-state index contributed by atoms with van der Waals surface area (Å²) in [5.41, 5.74) is -1.46. The Labute approximate surface area is 277 Å². The minimum Gasteiger partial charge on any atom is -0.444 e. The van der Waals surface area contributed by atoms with Gasteiger partial charge in [-0.15, -0.1) is 0 Å². The zero-order chi connectivity index (χ0) is 34.8. The number of piperidine rings is 1. The van der Waals surface area contributed by atoms with E-state index in [2.05, 4.69) is 22.7 Å². The summed E-state index contributed by atoms with van der Waals surface area (Å²) in [6.45, 7) is 7.89. The summed E-state index contributed by atoms with van der Waals surface area (Å²) in [5, 5.41) is 8.71. The molecule has 1 saturated carbocycles. The maximum absolute atomic E-state index is 15.2. The van der Waals surface area contributed by atoms with Crippen LogP contribution in [0.4, 0.5) is 28.0 Å². The lowest BCUT2D eigenvalue weighted by Gasteiger charge is -2.35. The van der Waals surface area contributed by atoms with Crippen LogP contribution in [0.25, 0.3) is 5.69 Å². The predicted octanol–water partition coefficient (Wildman–Crippen LogP) is 7.80. The van der Waals surface area contributed by atoms with Gasteiger partial charge < -0.3 is 20.3 Å². The number of alkyl halides is 3. The van der Waals surface area contributed by atoms with E-state index in [0.29, 0.717) is 48.4 Å². The topological polar surface area (TPSA) is 106 Å². The minimum atomic E-state index is -4.87. The van der Waals surface area contributed by atoms with E-state index in [9.17, 15) is 27.6 Å². The number of hydrogen-bond donors (Lipinski definition) is 2. The fourth-order valence-electron chi connectivity index (χ4n) is 6.03. The van der Waals surface area contributed by atoms with Crippen LogP contribution in [0, 0.1) is 17.7 Å². The number of nitrogens with one attached hydrogen (secondary N) is 2. The molecule has 13 heteroatoms. The predicted molar refractivity (Wildman–Crippen MR) is 171 cm³/mol. The van der Waals surface area contributed by atoms with Crippen LogP contribution in [0.2, 0.25) is 0 Å². The molecule has 3 atom stereocenters. The molecule has 3 aromatic rings. The summed E-state index contributed by atoms with van der Waals surface area (Å²) in [7, 11) is 0. The number of hydrogen-bond acceptors (Lipinski definition) is 5. The van der Waals surface area contributed by atoms with Crippen molar-refractivity contribution in [1.29, 1.82) is 0 Å². The molecule has 1 aromatic heterocycles. The SMILES string of the molecule is CC1CC1CCC(c1ccc(F)c(NC(=O)c2cc(C(F)(F)F)nn2-c2cccc(CNC(=O)OC(C)(C)C)c2)c1)N1CCCCC1=O. The molecule has 0 radical (unpaired) electrons. The second-order valence-electron chi connectivity index (χ2n) is 13.7. The molecule has 9 nitrogen and oxygen atoms in total. The number of halogens is 4. The molecule has 2 aromatic carbocycles. The van der Waals surface area contributed by atoms with Crippen molar-refractivity contribution in [3.63, 3.8) is 0 Å². The largest absolute Gasteiger partial charge is 0.444 e. The van der Waals surface area contributed by atoms with E-state index in [1.54, 1.807) is 39.0 Å². The fraction of sp³-hybridized carbons (Fsp3) is 0.486. The summed E-state index contributed by atoms with van der Waals surface area (Å²) in [4.78, 5) is 40.4. The van der Waals surface area contributed by atoms with Crippen LogP contribution in [-0.4, -0.2) is 44.7 Å². The zero-order valence-electron chi connectivity index (χ0n) is 27.5. The number of alkyl carbamates (subject to hydrolysis) is 1. The second kappa shape index (κ2) is 14.0. The average Bonchev–Trinajstić information content (AvgIpc) is 3.51. The molecule has 2 aliphatic rings. The average molecular weight is 672 g/mol. The van der Waals surface area contributed by atoms with E-state index >= 15 is 4.39 Å². The Morgan fingerprint density at radius 2 is 1.83 bits per heavy atom. The van der Waals surface area contributed by atoms with Crippen LogP contribution in [0.5, 0.6) is 0 Å². The van der Waals surface area contributed by atoms with Gasteiger partial charge in [0.15, 0.2) is 5.69 Å². The Balaban J connectivity index is 1.41. The van der Waals surface area contributed by atoms with E-state index in [0.717, 1.165) is 30.4 Å². The summed E-state index contributed by atoms with van der Waals surface area (Å²) in [5.74, 6) is -0.564. The molecular weight excluding hydrogens is 630 g/mol. The highest BCUT2D eigenvalue weighted by atomic mass is 19.4. The first-order valence-electron chi connectivity index (χ1n) is 16.2. The van der Waals surface area contributed by atoms with Gasteiger partial charge in [-0.3, -0.25) is 9.59 Å². The Bertz CT molecular complexity index is 1660. The minimum absolute atomic E-state index is 0.00394. The number of nitrogens with zero attached hydrogens (tertiary/aromatic N) is 3. The molecule has 2 fully saturated rings. The van der Waals surface area contributed by atoms with Gasteiger partial charge in [0, 0.05) is 25.6 Å². The highest BCUT2D eigenvalue weighted by Crippen LogP contribution is 2.44. The van der Waals surface area contributed by atoms with Crippen LogP contribution in [0.15, 0.2) is 48.5 Å². The molecule has 3 amide bonds. The Hall–Kier alpha value is -4.42. The van der Waals surface area contributed by atoms with Crippen molar-refractivity contribution in [2.75, 3.05) is 11.9 Å². The van der Waals surface area contributed by atoms with Crippen molar-refractivity contribution in [3.8, 4) is 5.69 Å². The summed E-state index contributed by atoms with van der Waals surface area (Å²) < 4.78 is 62.7. The van der Waals surface area contributed by atoms with Crippen molar-refractivity contribution in [3.05, 3.63) is 76.9 Å². The molecule has 0 bridgehead atoms. The van der Waals surface area contributed by atoms with E-state index in [1.165, 1.54) is 24.3 Å². The number of rotatable bonds is 10. The van der Waals surface area contributed by atoms with Crippen molar-refractivity contribution >= 4 is 23.6 Å². The number of likely N-dealkylation sites (tertiary alicyclic amines) is 1. The van der Waals surface area contributed by atoms with E-state index in [4.69, 9.17) is 4.74 Å². The van der Waals surface area contributed by atoms with Crippen molar-refractivity contribution < 1.29 is 36.7 Å². The Morgan fingerprint density at radius 3 is 2.50 bits per heavy atom. The lowest BCUT2D eigenvalue weighted by Crippen LogP contribution is -2.38. The van der Waals surface area contributed by atoms with Crippen LogP contribution in [0.1, 0.15) is 99.6 Å². The lowest BCUT2D eigenvalue weighted by atomic mass is 9.95. The number of benzene rings is 2. The quantitative estimate of drug-likeness (QED) is 0.214. The third-order valence-electron chi connectivity index (χ3n) is 8.67. The molecule has 1 aliphatic heterocycles. The van der Waals surface area contributed by atoms with Gasteiger partial charge >= 0.3 is 12.3 Å². The standard InChI is InChI=1S/C35H41F4N5O4/c1-21-16-23(21)12-14-28(43-15-6-5-10-31(43)45)24-11-13-26(36)27(18-24)41-32(46)29-19-30(35(37,38)39)42-44(29)25-9-7-8-22(17-25)20-40-33(47)48-34(2,3)4/h7-9,11,13,17-19,21,23,28H,5-6,10,12,14-16,20H2,1-4H3,(H,40,47)(H,41,46). The number of amides is 3. The normalized spacial score (nSPS) is 18.8. The molecule has 0 spiro atoms. The molecular formula is C35H41F4N5O4. The van der Waals surface area contributed by atoms with Crippen molar-refractivity contribution in [2.45, 2.75) is 90.6 Å². The van der Waals surface area contributed by atoms with Crippen LogP contribution in [-0.2, 0) is 22.3 Å². The molecule has 5 rings (SSSR count). The fourth-order valence-corrected chi connectivity index (χ4v) is 6.03. The van der Waals surface area contributed by atoms with Gasteiger partial charge in [0.05, 0.1) is 17.4 Å². The van der Waals surface area contributed by atoms with Gasteiger partial charge in [0.2, 0.25) is 5.91 Å². The molecule has 3 unspecified atom stereocenters. The maximum Gasteiger partial charge on any atom is 0.435 e. The van der Waals surface area contributed by atoms with Crippen LogP contribution in [0.3, 0.4) is 0 Å². The highest BCUT2D eigenvalue weighted by Gasteiger charge is 2.37. The van der Waals surface area contributed by atoms with Gasteiger partial charge in [-0.2, -0.15) is 18.3 Å². The first-order valence-corrected chi connectivity index (χ1v) is 16.2. The van der Waals surface area contributed by atoms with E-state index < -0.39 is 41.0 Å². The smallest absolute Gasteiger partial charge is 0.435 e. The Kier molecular flexibility index (Phi) is 10.2. The summed E-state index contributed by atoms with van der Waals surface area (Å²) >= 11 is 0. The number of carbonyl (C=O) groups is 3. The van der Waals surface area contributed by atoms with Gasteiger partial charge in [0.1, 0.15) is 17.1 Å². The van der Waals surface area contributed by atoms with Gasteiger partial charge in [-0.25, -0.2) is 13.9 Å². The molecule has 2 heterocycles. The summed E-state index contributed by atoms with van der Waals surface area (Å²) in [6, 6.07) is 10.7. The molecule has 48 heavy (non-hydrogen) atoms. The monoisotopic (exact) mass is 671 g/mol. The van der Waals surface area contributed by atoms with Gasteiger partial charge in [-0.1, -0.05) is 25.1 Å². The first-order chi connectivity index (χ1) is 22.6. The number of aromatic nitrogens is 2. The maximum atomic E-state index is 15.2. The third-order valence-corrected chi connectivity index (χ3v) is 8.67. The van der Waals surface area contributed by atoms with Gasteiger partial charge in [-0.05, 0) is 100 Å². The Morgan fingerprint density at radius 1 is 1.08 bits per heavy atom. The van der Waals surface area contributed by atoms with Gasteiger partial charge in [0.25, 0.3) is 5.91 Å².